The maximum absolute atomic E-state index is 13.1. The first kappa shape index (κ1) is 21.4. The molecule has 1 aliphatic rings. The predicted octanol–water partition coefficient (Wildman–Crippen LogP) is 4.17. The zero-order valence-electron chi connectivity index (χ0n) is 15.9. The maximum Gasteiger partial charge on any atom is 0.272 e. The van der Waals surface area contributed by atoms with E-state index in [-0.39, 0.29) is 22.9 Å². The largest absolute Gasteiger partial charge is 0.325 e. The average Bonchev–Trinajstić information content (AvgIpc) is 3.23. The minimum absolute atomic E-state index is 0.0168. The summed E-state index contributed by atoms with van der Waals surface area (Å²) in [5.41, 5.74) is 1.60. The highest BCUT2D eigenvalue weighted by Gasteiger charge is 2.23. The lowest BCUT2D eigenvalue weighted by atomic mass is 10.3. The number of aromatic nitrogens is 2. The summed E-state index contributed by atoms with van der Waals surface area (Å²) in [5.74, 6) is 0.501. The molecular formula is C20H15ClN4O4S2. The number of non-ortho nitro benzene ring substituents is 1. The highest BCUT2D eigenvalue weighted by molar-refractivity contribution is 8.00. The number of nitrogens with one attached hydrogen (secondary N) is 1. The number of carbonyl (C=O) groups excluding carboxylic acids is 1. The molecule has 3 aromatic rings. The third kappa shape index (κ3) is 4.76. The Labute approximate surface area is 190 Å². The van der Waals surface area contributed by atoms with Crippen LogP contribution in [0.15, 0.2) is 63.4 Å². The molecule has 0 saturated heterocycles. The first-order valence-electron chi connectivity index (χ1n) is 9.14. The Morgan fingerprint density at radius 3 is 2.61 bits per heavy atom. The molecule has 4 rings (SSSR count). The number of nitro benzene ring substituents is 1. The van der Waals surface area contributed by atoms with Crippen molar-refractivity contribution in [1.82, 2.24) is 9.55 Å². The minimum Gasteiger partial charge on any atom is -0.325 e. The number of benzene rings is 2. The number of thioether (sulfide) groups is 2. The summed E-state index contributed by atoms with van der Waals surface area (Å²) in [4.78, 5) is 41.0. The van der Waals surface area contributed by atoms with Gasteiger partial charge in [-0.2, -0.15) is 0 Å². The number of rotatable bonds is 6. The SMILES string of the molecule is O=C(CSc1nc2c(c(=O)n1-c1ccc(Cl)cc1)SCC2)Nc1ccc([N+](=O)[O-])cc1. The monoisotopic (exact) mass is 474 g/mol. The number of hydrogen-bond donors (Lipinski definition) is 1. The van der Waals surface area contributed by atoms with Gasteiger partial charge in [-0.3, -0.25) is 24.3 Å². The molecule has 0 bridgehead atoms. The Morgan fingerprint density at radius 2 is 1.94 bits per heavy atom. The van der Waals surface area contributed by atoms with Crippen LogP contribution in [0.2, 0.25) is 5.02 Å². The summed E-state index contributed by atoms with van der Waals surface area (Å²) >= 11 is 8.61. The molecule has 1 N–H and O–H groups in total. The second-order valence-electron chi connectivity index (χ2n) is 6.53. The van der Waals surface area contributed by atoms with Crippen molar-refractivity contribution in [1.29, 1.82) is 0 Å². The van der Waals surface area contributed by atoms with E-state index in [2.05, 4.69) is 10.3 Å². The summed E-state index contributed by atoms with van der Waals surface area (Å²) in [6.45, 7) is 0. The maximum atomic E-state index is 13.1. The Balaban J connectivity index is 1.55. The number of nitrogens with zero attached hydrogens (tertiary/aromatic N) is 3. The van der Waals surface area contributed by atoms with Crippen molar-refractivity contribution in [3.8, 4) is 5.69 Å². The van der Waals surface area contributed by atoms with E-state index in [0.29, 0.717) is 32.9 Å². The van der Waals surface area contributed by atoms with E-state index in [4.69, 9.17) is 11.6 Å². The molecular weight excluding hydrogens is 460 g/mol. The summed E-state index contributed by atoms with van der Waals surface area (Å²) in [6, 6.07) is 12.4. The van der Waals surface area contributed by atoms with Crippen molar-refractivity contribution in [2.75, 3.05) is 16.8 Å². The van der Waals surface area contributed by atoms with Crippen LogP contribution in [0.5, 0.6) is 0 Å². The third-order valence-electron chi connectivity index (χ3n) is 4.45. The fourth-order valence-electron chi connectivity index (χ4n) is 3.00. The van der Waals surface area contributed by atoms with Gasteiger partial charge in [0.15, 0.2) is 5.16 Å². The summed E-state index contributed by atoms with van der Waals surface area (Å²) in [7, 11) is 0. The molecule has 11 heteroatoms. The van der Waals surface area contributed by atoms with Crippen molar-refractivity contribution in [2.24, 2.45) is 0 Å². The van der Waals surface area contributed by atoms with Gasteiger partial charge in [-0.1, -0.05) is 23.4 Å². The Bertz CT molecular complexity index is 1210. The van der Waals surface area contributed by atoms with Gasteiger partial charge in [0.1, 0.15) is 0 Å². The number of anilines is 1. The van der Waals surface area contributed by atoms with Crippen molar-refractivity contribution < 1.29 is 9.72 Å². The van der Waals surface area contributed by atoms with Crippen molar-refractivity contribution in [2.45, 2.75) is 16.5 Å². The molecule has 0 fully saturated rings. The van der Waals surface area contributed by atoms with Crippen LogP contribution in [0, 0.1) is 10.1 Å². The van der Waals surface area contributed by atoms with Gasteiger partial charge in [-0.05, 0) is 36.4 Å². The molecule has 0 radical (unpaired) electrons. The standard InChI is InChI=1S/C20H15ClN4O4S2/c21-12-1-5-14(6-2-12)24-19(27)18-16(9-10-30-18)23-20(24)31-11-17(26)22-13-3-7-15(8-4-13)25(28)29/h1-8H,9-11H2,(H,22,26). The molecule has 8 nitrogen and oxygen atoms in total. The van der Waals surface area contributed by atoms with Gasteiger partial charge >= 0.3 is 0 Å². The lowest BCUT2D eigenvalue weighted by Gasteiger charge is -2.14. The second-order valence-corrected chi connectivity index (χ2v) is 9.01. The smallest absolute Gasteiger partial charge is 0.272 e. The summed E-state index contributed by atoms with van der Waals surface area (Å²) in [5, 5.41) is 14.4. The number of amides is 1. The van der Waals surface area contributed by atoms with Crippen LogP contribution in [0.25, 0.3) is 5.69 Å². The Hall–Kier alpha value is -2.82. The van der Waals surface area contributed by atoms with E-state index in [1.807, 2.05) is 0 Å². The van der Waals surface area contributed by atoms with Gasteiger partial charge in [0.2, 0.25) is 5.91 Å². The number of aryl methyl sites for hydroxylation is 1. The summed E-state index contributed by atoms with van der Waals surface area (Å²) < 4.78 is 1.50. The quantitative estimate of drug-likeness (QED) is 0.247. The zero-order chi connectivity index (χ0) is 22.0. The van der Waals surface area contributed by atoms with Gasteiger partial charge in [0, 0.05) is 35.0 Å². The normalized spacial score (nSPS) is 12.4. The average molecular weight is 475 g/mol. The first-order chi connectivity index (χ1) is 14.9. The molecule has 0 aliphatic carbocycles. The molecule has 1 aromatic heterocycles. The molecule has 2 heterocycles. The number of nitro groups is 1. The van der Waals surface area contributed by atoms with Gasteiger partial charge in [0.25, 0.3) is 11.2 Å². The fraction of sp³-hybridized carbons (Fsp3) is 0.150. The molecule has 158 valence electrons. The molecule has 31 heavy (non-hydrogen) atoms. The molecule has 0 unspecified atom stereocenters. The van der Waals surface area contributed by atoms with Crippen LogP contribution in [0.4, 0.5) is 11.4 Å². The Morgan fingerprint density at radius 1 is 1.23 bits per heavy atom. The minimum atomic E-state index is -0.505. The van der Waals surface area contributed by atoms with Crippen molar-refractivity contribution in [3.63, 3.8) is 0 Å². The fourth-order valence-corrected chi connectivity index (χ4v) is 4.98. The first-order valence-corrected chi connectivity index (χ1v) is 11.5. The second kappa shape index (κ2) is 9.13. The van der Waals surface area contributed by atoms with E-state index >= 15 is 0 Å². The zero-order valence-corrected chi connectivity index (χ0v) is 18.3. The number of fused-ring (bicyclic) bond motifs is 1. The van der Waals surface area contributed by atoms with Gasteiger partial charge < -0.3 is 5.32 Å². The van der Waals surface area contributed by atoms with Gasteiger partial charge in [-0.15, -0.1) is 11.8 Å². The van der Waals surface area contributed by atoms with Gasteiger partial charge in [0.05, 0.1) is 27.0 Å². The molecule has 0 atom stereocenters. The van der Waals surface area contributed by atoms with Crippen LogP contribution in [0.1, 0.15) is 5.69 Å². The number of halogens is 1. The third-order valence-corrected chi connectivity index (χ3v) is 6.74. The van der Waals surface area contributed by atoms with Crippen molar-refractivity contribution >= 4 is 52.4 Å². The van der Waals surface area contributed by atoms with E-state index in [0.717, 1.165) is 23.2 Å². The predicted molar refractivity (Wildman–Crippen MR) is 122 cm³/mol. The number of carbonyl (C=O) groups is 1. The lowest BCUT2D eigenvalue weighted by Crippen LogP contribution is -2.24. The topological polar surface area (TPSA) is 107 Å². The molecule has 0 spiro atoms. The van der Waals surface area contributed by atoms with Crippen molar-refractivity contribution in [3.05, 3.63) is 79.7 Å². The summed E-state index contributed by atoms with van der Waals surface area (Å²) in [6.07, 6.45) is 0.708. The highest BCUT2D eigenvalue weighted by Crippen LogP contribution is 2.30. The van der Waals surface area contributed by atoms with Crippen LogP contribution in [0.3, 0.4) is 0 Å². The molecule has 1 amide bonds. The molecule has 1 aliphatic heterocycles. The van der Waals surface area contributed by atoms with Crippen LogP contribution >= 0.6 is 35.1 Å². The van der Waals surface area contributed by atoms with E-state index in [9.17, 15) is 19.7 Å². The van der Waals surface area contributed by atoms with E-state index < -0.39 is 4.92 Å². The van der Waals surface area contributed by atoms with E-state index in [1.165, 1.54) is 40.6 Å². The van der Waals surface area contributed by atoms with Crippen LogP contribution < -0.4 is 10.9 Å². The van der Waals surface area contributed by atoms with Gasteiger partial charge in [-0.25, -0.2) is 4.98 Å². The van der Waals surface area contributed by atoms with Crippen LogP contribution in [-0.2, 0) is 11.2 Å². The molecule has 0 saturated carbocycles. The number of hydrogen-bond acceptors (Lipinski definition) is 7. The highest BCUT2D eigenvalue weighted by atomic mass is 35.5. The molecule has 2 aromatic carbocycles. The van der Waals surface area contributed by atoms with Crippen LogP contribution in [-0.4, -0.2) is 31.9 Å². The Kier molecular flexibility index (Phi) is 6.30. The lowest BCUT2D eigenvalue weighted by molar-refractivity contribution is -0.384. The van der Waals surface area contributed by atoms with E-state index in [1.54, 1.807) is 24.3 Å².